The number of rotatable bonds is 1. The molecule has 62 valence electrons. The van der Waals surface area contributed by atoms with Crippen LogP contribution in [0.15, 0.2) is 18.2 Å². The molecule has 1 fully saturated rings. The zero-order valence-electron chi connectivity index (χ0n) is 7.59. The van der Waals surface area contributed by atoms with Crippen molar-refractivity contribution in [2.75, 3.05) is 6.54 Å². The van der Waals surface area contributed by atoms with Gasteiger partial charge in [-0.2, -0.15) is 0 Å². The van der Waals surface area contributed by atoms with Crippen LogP contribution < -0.4 is 16.2 Å². The first kappa shape index (κ1) is 8.89. The third kappa shape index (κ3) is 1.80. The van der Waals surface area contributed by atoms with Crippen LogP contribution in [0.4, 0.5) is 0 Å². The molecule has 1 atom stereocenters. The Hall–Kier alpha value is -0.690. The van der Waals surface area contributed by atoms with Crippen molar-refractivity contribution in [3.8, 4) is 0 Å². The Labute approximate surface area is 81.7 Å². The summed E-state index contributed by atoms with van der Waals surface area (Å²) in [6, 6.07) is 6.10. The molecule has 1 aromatic rings. The van der Waals surface area contributed by atoms with E-state index in [-0.39, 0.29) is 0 Å². The average molecular weight is 167 g/mol. The smallest absolute Gasteiger partial charge is 0.114 e. The Kier molecular flexibility index (Phi) is 2.45. The van der Waals surface area contributed by atoms with Crippen LogP contribution in [0.1, 0.15) is 24.4 Å². The minimum absolute atomic E-state index is 0.406. The maximum atomic E-state index is 5.87. The fraction of sp³-hybridized carbons (Fsp3) is 0.400. The van der Waals surface area contributed by atoms with Gasteiger partial charge in [-0.25, -0.2) is 0 Å². The number of hydrogen-bond acceptors (Lipinski definition) is 1. The van der Waals surface area contributed by atoms with Gasteiger partial charge in [0, 0.05) is 6.04 Å². The van der Waals surface area contributed by atoms with E-state index in [2.05, 4.69) is 5.32 Å². The molecule has 0 spiro atoms. The summed E-state index contributed by atoms with van der Waals surface area (Å²) >= 11 is 0. The lowest BCUT2D eigenvalue weighted by atomic mass is 9.82. The highest BCUT2D eigenvalue weighted by Gasteiger charge is 2.17. The second-order valence-corrected chi connectivity index (χ2v) is 3.54. The molecule has 0 aliphatic carbocycles. The Morgan fingerprint density at radius 2 is 2.15 bits per heavy atom. The maximum Gasteiger partial charge on any atom is 0.114 e. The number of nitrogens with one attached hydrogen (secondary N) is 1. The van der Waals surface area contributed by atoms with Crippen molar-refractivity contribution in [1.29, 1.82) is 0 Å². The highest BCUT2D eigenvalue weighted by atomic mass is 14.9. The van der Waals surface area contributed by atoms with Crippen LogP contribution in [0.25, 0.3) is 0 Å². The second-order valence-electron chi connectivity index (χ2n) is 3.54. The van der Waals surface area contributed by atoms with Crippen molar-refractivity contribution in [2.24, 2.45) is 0 Å². The lowest BCUT2D eigenvalue weighted by Crippen LogP contribution is -2.24. The second kappa shape index (κ2) is 3.59. The predicted molar refractivity (Wildman–Crippen MR) is 57.2 cm³/mol. The van der Waals surface area contributed by atoms with E-state index in [0.29, 0.717) is 6.04 Å². The first-order chi connectivity index (χ1) is 6.27. The third-order valence-electron chi connectivity index (χ3n) is 2.55. The molecule has 1 aliphatic rings. The molecule has 1 N–H and O–H groups in total. The summed E-state index contributed by atoms with van der Waals surface area (Å²) in [7, 11) is 11.6. The lowest BCUT2D eigenvalue weighted by molar-refractivity contribution is 0.652. The average Bonchev–Trinajstić information content (AvgIpc) is 2.61. The van der Waals surface area contributed by atoms with Crippen molar-refractivity contribution in [3.05, 3.63) is 23.8 Å². The standard InChI is InChI=1S/C10H11B2N/c11-7-3-4-9(12)8(6-7)10-2-1-5-13-10/h3-4,6,10,13H,1-2,5H2. The van der Waals surface area contributed by atoms with E-state index in [1.54, 1.807) is 0 Å². The molecule has 0 saturated carbocycles. The van der Waals surface area contributed by atoms with Gasteiger partial charge < -0.3 is 5.32 Å². The summed E-state index contributed by atoms with van der Waals surface area (Å²) in [6.07, 6.45) is 2.38. The molecule has 1 saturated heterocycles. The molecular formula is C10H11B2N. The molecule has 4 radical (unpaired) electrons. The first-order valence-corrected chi connectivity index (χ1v) is 4.65. The molecule has 1 aliphatic heterocycles. The van der Waals surface area contributed by atoms with Crippen molar-refractivity contribution in [3.63, 3.8) is 0 Å². The van der Waals surface area contributed by atoms with Gasteiger partial charge in [-0.1, -0.05) is 29.1 Å². The molecule has 3 heteroatoms. The van der Waals surface area contributed by atoms with Gasteiger partial charge in [-0.05, 0) is 24.9 Å². The lowest BCUT2D eigenvalue weighted by Gasteiger charge is -2.14. The normalized spacial score (nSPS) is 22.0. The molecule has 1 unspecified atom stereocenters. The van der Waals surface area contributed by atoms with Crippen LogP contribution in [-0.4, -0.2) is 22.2 Å². The van der Waals surface area contributed by atoms with Gasteiger partial charge in [0.1, 0.15) is 15.7 Å². The van der Waals surface area contributed by atoms with Gasteiger partial charge >= 0.3 is 0 Å². The van der Waals surface area contributed by atoms with Crippen molar-refractivity contribution >= 4 is 26.6 Å². The minimum atomic E-state index is 0.406. The Balaban J connectivity index is 2.32. The van der Waals surface area contributed by atoms with E-state index in [9.17, 15) is 0 Å². The Morgan fingerprint density at radius 1 is 1.31 bits per heavy atom. The van der Waals surface area contributed by atoms with Crippen molar-refractivity contribution in [2.45, 2.75) is 18.9 Å². The fourth-order valence-electron chi connectivity index (χ4n) is 1.85. The summed E-state index contributed by atoms with van der Waals surface area (Å²) in [5.74, 6) is 0. The maximum absolute atomic E-state index is 5.87. The molecule has 1 nitrogen and oxygen atoms in total. The molecule has 0 amide bonds. The van der Waals surface area contributed by atoms with Crippen molar-refractivity contribution in [1.82, 2.24) is 5.32 Å². The summed E-state index contributed by atoms with van der Waals surface area (Å²) < 4.78 is 0. The summed E-state index contributed by atoms with van der Waals surface area (Å²) in [4.78, 5) is 0. The fourth-order valence-corrected chi connectivity index (χ4v) is 1.85. The zero-order valence-corrected chi connectivity index (χ0v) is 7.59. The Bertz CT molecular complexity index is 306. The summed E-state index contributed by atoms with van der Waals surface area (Å²) in [6.45, 7) is 1.08. The molecule has 13 heavy (non-hydrogen) atoms. The highest BCUT2D eigenvalue weighted by Crippen LogP contribution is 2.20. The summed E-state index contributed by atoms with van der Waals surface area (Å²) in [5, 5.41) is 3.41. The number of hydrogen-bond donors (Lipinski definition) is 1. The van der Waals surface area contributed by atoms with Gasteiger partial charge in [-0.3, -0.25) is 0 Å². The van der Waals surface area contributed by atoms with Crippen LogP contribution in [0.5, 0.6) is 0 Å². The monoisotopic (exact) mass is 167 g/mol. The van der Waals surface area contributed by atoms with Crippen molar-refractivity contribution < 1.29 is 0 Å². The van der Waals surface area contributed by atoms with E-state index < -0.39 is 0 Å². The van der Waals surface area contributed by atoms with Crippen LogP contribution in [0.3, 0.4) is 0 Å². The molecule has 0 aromatic heterocycles. The molecule has 1 heterocycles. The largest absolute Gasteiger partial charge is 0.310 e. The molecule has 0 bridgehead atoms. The molecule has 1 aromatic carbocycles. The van der Waals surface area contributed by atoms with E-state index in [1.165, 1.54) is 6.42 Å². The number of benzene rings is 1. The van der Waals surface area contributed by atoms with Crippen LogP contribution >= 0.6 is 0 Å². The third-order valence-corrected chi connectivity index (χ3v) is 2.55. The van der Waals surface area contributed by atoms with E-state index in [4.69, 9.17) is 15.7 Å². The van der Waals surface area contributed by atoms with Crippen LogP contribution in [0.2, 0.25) is 0 Å². The van der Waals surface area contributed by atoms with E-state index in [1.807, 2.05) is 18.2 Å². The first-order valence-electron chi connectivity index (χ1n) is 4.65. The van der Waals surface area contributed by atoms with Gasteiger partial charge in [0.25, 0.3) is 0 Å². The highest BCUT2D eigenvalue weighted by molar-refractivity contribution is 6.36. The zero-order chi connectivity index (χ0) is 9.26. The summed E-state index contributed by atoms with van der Waals surface area (Å²) in [5.41, 5.74) is 2.78. The van der Waals surface area contributed by atoms with Crippen LogP contribution in [-0.2, 0) is 0 Å². The van der Waals surface area contributed by atoms with Crippen LogP contribution in [0, 0.1) is 0 Å². The van der Waals surface area contributed by atoms with Gasteiger partial charge in [0.15, 0.2) is 0 Å². The molecular weight excluding hydrogens is 156 g/mol. The minimum Gasteiger partial charge on any atom is -0.310 e. The Morgan fingerprint density at radius 3 is 2.85 bits per heavy atom. The topological polar surface area (TPSA) is 12.0 Å². The van der Waals surface area contributed by atoms with Gasteiger partial charge in [0.2, 0.25) is 0 Å². The SMILES string of the molecule is [B]c1ccc([B])c(C2CCCN2)c1. The van der Waals surface area contributed by atoms with E-state index in [0.717, 1.165) is 29.5 Å². The van der Waals surface area contributed by atoms with Gasteiger partial charge in [0.05, 0.1) is 0 Å². The van der Waals surface area contributed by atoms with Gasteiger partial charge in [-0.15, -0.1) is 0 Å². The molecule has 2 rings (SSSR count). The van der Waals surface area contributed by atoms with E-state index >= 15 is 0 Å². The predicted octanol–water partition coefficient (Wildman–Crippen LogP) is -0.301. The quantitative estimate of drug-likeness (QED) is 0.566.